The van der Waals surface area contributed by atoms with Crippen molar-refractivity contribution in [1.29, 1.82) is 0 Å². The van der Waals surface area contributed by atoms with Gasteiger partial charge in [0.1, 0.15) is 5.75 Å². The van der Waals surface area contributed by atoms with Gasteiger partial charge in [-0.3, -0.25) is 0 Å². The lowest BCUT2D eigenvalue weighted by Gasteiger charge is -2.10. The van der Waals surface area contributed by atoms with Crippen molar-refractivity contribution in [3.05, 3.63) is 41.0 Å². The van der Waals surface area contributed by atoms with Gasteiger partial charge >= 0.3 is 0 Å². The van der Waals surface area contributed by atoms with E-state index >= 15 is 0 Å². The predicted octanol–water partition coefficient (Wildman–Crippen LogP) is 3.07. The molecular formula is C12H12ClN3O. The van der Waals surface area contributed by atoms with E-state index in [1.54, 1.807) is 12.1 Å². The number of aromatic hydroxyl groups is 1. The van der Waals surface area contributed by atoms with Crippen LogP contribution in [0, 0.1) is 6.92 Å². The maximum atomic E-state index is 9.68. The predicted molar refractivity (Wildman–Crippen MR) is 69.8 cm³/mol. The molecule has 2 aromatic rings. The number of nitrogens with zero attached hydrogens (tertiary/aromatic N) is 1. The number of nitrogens with one attached hydrogen (secondary N) is 1. The van der Waals surface area contributed by atoms with Gasteiger partial charge in [0, 0.05) is 6.20 Å². The van der Waals surface area contributed by atoms with Crippen LogP contribution < -0.4 is 11.1 Å². The van der Waals surface area contributed by atoms with Gasteiger partial charge in [-0.15, -0.1) is 0 Å². The number of hydrogen-bond donors (Lipinski definition) is 3. The van der Waals surface area contributed by atoms with Gasteiger partial charge in [-0.05, 0) is 30.7 Å². The van der Waals surface area contributed by atoms with Crippen molar-refractivity contribution in [2.75, 3.05) is 11.1 Å². The molecule has 4 nitrogen and oxygen atoms in total. The molecule has 1 heterocycles. The van der Waals surface area contributed by atoms with Gasteiger partial charge in [-0.2, -0.15) is 0 Å². The number of hydrogen-bond acceptors (Lipinski definition) is 4. The quantitative estimate of drug-likeness (QED) is 0.716. The fraction of sp³-hybridized carbons (Fsp3) is 0.0833. The van der Waals surface area contributed by atoms with Gasteiger partial charge in [0.25, 0.3) is 0 Å². The van der Waals surface area contributed by atoms with Crippen molar-refractivity contribution in [2.45, 2.75) is 6.92 Å². The van der Waals surface area contributed by atoms with Gasteiger partial charge in [-0.1, -0.05) is 17.7 Å². The number of halogens is 1. The zero-order chi connectivity index (χ0) is 12.4. The summed E-state index contributed by atoms with van der Waals surface area (Å²) in [6, 6.07) is 6.84. The molecule has 0 atom stereocenters. The Kier molecular flexibility index (Phi) is 3.06. The molecule has 0 aliphatic rings. The summed E-state index contributed by atoms with van der Waals surface area (Å²) in [5, 5.41) is 13.1. The van der Waals surface area contributed by atoms with Crippen molar-refractivity contribution in [1.82, 2.24) is 4.98 Å². The number of aromatic nitrogens is 1. The molecular weight excluding hydrogens is 238 g/mol. The number of aryl methyl sites for hydroxylation is 1. The Bertz CT molecular complexity index is 557. The van der Waals surface area contributed by atoms with Crippen molar-refractivity contribution in [3.63, 3.8) is 0 Å². The van der Waals surface area contributed by atoms with Gasteiger partial charge in [0.15, 0.2) is 5.82 Å². The summed E-state index contributed by atoms with van der Waals surface area (Å²) >= 11 is 5.76. The number of anilines is 3. The number of benzene rings is 1. The molecule has 88 valence electrons. The van der Waals surface area contributed by atoms with Crippen LogP contribution in [0.5, 0.6) is 5.75 Å². The number of pyridine rings is 1. The molecule has 0 saturated carbocycles. The molecule has 5 heteroatoms. The van der Waals surface area contributed by atoms with E-state index in [0.29, 0.717) is 22.2 Å². The zero-order valence-corrected chi connectivity index (χ0v) is 9.99. The van der Waals surface area contributed by atoms with Crippen LogP contribution in [-0.2, 0) is 0 Å². The lowest BCUT2D eigenvalue weighted by molar-refractivity contribution is 0.477. The fourth-order valence-electron chi connectivity index (χ4n) is 1.44. The largest absolute Gasteiger partial charge is 0.506 e. The van der Waals surface area contributed by atoms with E-state index < -0.39 is 0 Å². The second-order valence-electron chi connectivity index (χ2n) is 3.74. The van der Waals surface area contributed by atoms with Gasteiger partial charge < -0.3 is 16.2 Å². The van der Waals surface area contributed by atoms with Gasteiger partial charge in [0.2, 0.25) is 0 Å². The third-order valence-electron chi connectivity index (χ3n) is 2.29. The first kappa shape index (κ1) is 11.5. The molecule has 17 heavy (non-hydrogen) atoms. The average molecular weight is 250 g/mol. The zero-order valence-electron chi connectivity index (χ0n) is 9.24. The highest BCUT2D eigenvalue weighted by molar-refractivity contribution is 6.30. The summed E-state index contributed by atoms with van der Waals surface area (Å²) in [6.45, 7) is 1.93. The highest BCUT2D eigenvalue weighted by Gasteiger charge is 2.06. The number of nitrogen functional groups attached to an aromatic ring is 1. The first-order chi connectivity index (χ1) is 8.06. The monoisotopic (exact) mass is 249 g/mol. The lowest BCUT2D eigenvalue weighted by Crippen LogP contribution is -1.99. The first-order valence-electron chi connectivity index (χ1n) is 5.04. The Morgan fingerprint density at radius 2 is 2.12 bits per heavy atom. The summed E-state index contributed by atoms with van der Waals surface area (Å²) in [5.74, 6) is 0.613. The van der Waals surface area contributed by atoms with E-state index in [-0.39, 0.29) is 5.75 Å². The SMILES string of the molecule is Cc1ccc(O)c(Nc2ncc(Cl)cc2N)c1. The molecule has 0 aliphatic heterocycles. The molecule has 0 saturated heterocycles. The van der Waals surface area contributed by atoms with Crippen molar-refractivity contribution >= 4 is 28.8 Å². The maximum Gasteiger partial charge on any atom is 0.153 e. The van der Waals surface area contributed by atoms with E-state index in [0.717, 1.165) is 5.56 Å². The van der Waals surface area contributed by atoms with Crippen LogP contribution >= 0.6 is 11.6 Å². The van der Waals surface area contributed by atoms with Crippen LogP contribution in [0.2, 0.25) is 5.02 Å². The Hall–Kier alpha value is -1.94. The van der Waals surface area contributed by atoms with E-state index in [9.17, 15) is 5.11 Å². The molecule has 2 rings (SSSR count). The van der Waals surface area contributed by atoms with Crippen molar-refractivity contribution in [2.24, 2.45) is 0 Å². The summed E-state index contributed by atoms with van der Waals surface area (Å²) in [4.78, 5) is 4.06. The van der Waals surface area contributed by atoms with Crippen LogP contribution in [0.1, 0.15) is 5.56 Å². The summed E-state index contributed by atoms with van der Waals surface area (Å²) < 4.78 is 0. The average Bonchev–Trinajstić information content (AvgIpc) is 2.27. The third kappa shape index (κ3) is 2.60. The number of phenols is 1. The normalized spacial score (nSPS) is 10.2. The van der Waals surface area contributed by atoms with E-state index in [2.05, 4.69) is 10.3 Å². The van der Waals surface area contributed by atoms with Crippen LogP contribution in [0.15, 0.2) is 30.5 Å². The molecule has 0 aliphatic carbocycles. The molecule has 4 N–H and O–H groups in total. The second kappa shape index (κ2) is 4.51. The van der Waals surface area contributed by atoms with Crippen LogP contribution in [0.25, 0.3) is 0 Å². The number of rotatable bonds is 2. The third-order valence-corrected chi connectivity index (χ3v) is 2.50. The van der Waals surface area contributed by atoms with Gasteiger partial charge in [-0.25, -0.2) is 4.98 Å². The Morgan fingerprint density at radius 3 is 2.82 bits per heavy atom. The minimum atomic E-state index is 0.145. The summed E-state index contributed by atoms with van der Waals surface area (Å²) in [7, 11) is 0. The fourth-order valence-corrected chi connectivity index (χ4v) is 1.60. The smallest absolute Gasteiger partial charge is 0.153 e. The maximum absolute atomic E-state index is 9.68. The Labute approximate surface area is 104 Å². The molecule has 0 unspecified atom stereocenters. The van der Waals surface area contributed by atoms with Crippen LogP contribution in [0.3, 0.4) is 0 Å². The highest BCUT2D eigenvalue weighted by Crippen LogP contribution is 2.29. The minimum absolute atomic E-state index is 0.145. The first-order valence-corrected chi connectivity index (χ1v) is 5.42. The van der Waals surface area contributed by atoms with E-state index in [1.165, 1.54) is 6.20 Å². The minimum Gasteiger partial charge on any atom is -0.506 e. The Morgan fingerprint density at radius 1 is 1.35 bits per heavy atom. The molecule has 1 aromatic heterocycles. The molecule has 1 aromatic carbocycles. The van der Waals surface area contributed by atoms with Crippen molar-refractivity contribution < 1.29 is 5.11 Å². The molecule has 0 fully saturated rings. The number of phenolic OH excluding ortho intramolecular Hbond substituents is 1. The van der Waals surface area contributed by atoms with Crippen LogP contribution in [-0.4, -0.2) is 10.1 Å². The van der Waals surface area contributed by atoms with Crippen LogP contribution in [0.4, 0.5) is 17.2 Å². The van der Waals surface area contributed by atoms with Gasteiger partial charge in [0.05, 0.1) is 16.4 Å². The topological polar surface area (TPSA) is 71.2 Å². The standard InChI is InChI=1S/C12H12ClN3O/c1-7-2-3-11(17)10(4-7)16-12-9(14)5-8(13)6-15-12/h2-6,17H,14H2,1H3,(H,15,16). The molecule has 0 radical (unpaired) electrons. The molecule has 0 spiro atoms. The second-order valence-corrected chi connectivity index (χ2v) is 4.17. The lowest BCUT2D eigenvalue weighted by atomic mass is 10.2. The van der Waals surface area contributed by atoms with E-state index in [1.807, 2.05) is 19.1 Å². The van der Waals surface area contributed by atoms with E-state index in [4.69, 9.17) is 17.3 Å². The summed E-state index contributed by atoms with van der Waals surface area (Å²) in [6.07, 6.45) is 1.49. The number of nitrogens with two attached hydrogens (primary N) is 1. The summed E-state index contributed by atoms with van der Waals surface area (Å²) in [5.41, 5.74) is 7.78. The van der Waals surface area contributed by atoms with Crippen molar-refractivity contribution in [3.8, 4) is 5.75 Å². The Balaban J connectivity index is 2.34. The molecule has 0 bridgehead atoms. The molecule has 0 amide bonds. The highest BCUT2D eigenvalue weighted by atomic mass is 35.5.